The van der Waals surface area contributed by atoms with Crippen LogP contribution >= 0.6 is 0 Å². The van der Waals surface area contributed by atoms with Crippen molar-refractivity contribution in [2.24, 2.45) is 4.99 Å². The van der Waals surface area contributed by atoms with Crippen molar-refractivity contribution in [1.29, 1.82) is 0 Å². The topological polar surface area (TPSA) is 36.4 Å². The lowest BCUT2D eigenvalue weighted by Crippen LogP contribution is -2.25. The second-order valence-corrected chi connectivity index (χ2v) is 14.0. The first-order chi connectivity index (χ1) is 26.8. The molecule has 2 aliphatic rings. The van der Waals surface area contributed by atoms with Gasteiger partial charge in [0.25, 0.3) is 0 Å². The molecule has 2 heterocycles. The van der Waals surface area contributed by atoms with Crippen LogP contribution in [0.3, 0.4) is 0 Å². The normalized spacial score (nSPS) is 15.3. The molecule has 0 amide bonds. The molecule has 2 N–H and O–H groups in total. The van der Waals surface area contributed by atoms with Crippen molar-refractivity contribution in [3.8, 4) is 22.3 Å². The SMILES string of the molecule is C1=CNCC(c2ccc(C3=NC(c4cccc(-c5c6ccccc6c(-c6ccccc6)c6ccccc56)c4)NC(c4cccc5ccccc45)=C3)cc2)=C1. The molecule has 0 saturated carbocycles. The number of nitrogens with one attached hydrogen (secondary N) is 2. The maximum Gasteiger partial charge on any atom is 0.145 e. The first-order valence-corrected chi connectivity index (χ1v) is 18.6. The summed E-state index contributed by atoms with van der Waals surface area (Å²) in [6, 6.07) is 61.4. The maximum absolute atomic E-state index is 5.42. The molecule has 1 atom stereocenters. The lowest BCUT2D eigenvalue weighted by atomic mass is 9.85. The van der Waals surface area contributed by atoms with Gasteiger partial charge in [-0.15, -0.1) is 0 Å². The summed E-state index contributed by atoms with van der Waals surface area (Å²) >= 11 is 0. The van der Waals surface area contributed by atoms with Gasteiger partial charge in [0.2, 0.25) is 0 Å². The lowest BCUT2D eigenvalue weighted by molar-refractivity contribution is 0.665. The third-order valence-electron chi connectivity index (χ3n) is 10.8. The van der Waals surface area contributed by atoms with Gasteiger partial charge in [0.1, 0.15) is 6.17 Å². The van der Waals surface area contributed by atoms with Gasteiger partial charge in [0, 0.05) is 17.8 Å². The fraction of sp³-hybridized carbons (Fsp3) is 0.0392. The molecule has 0 radical (unpaired) electrons. The number of benzene rings is 8. The van der Waals surface area contributed by atoms with Crippen LogP contribution in [-0.4, -0.2) is 12.3 Å². The van der Waals surface area contributed by atoms with E-state index < -0.39 is 0 Å². The Balaban J connectivity index is 1.12. The summed E-state index contributed by atoms with van der Waals surface area (Å²) in [6.45, 7) is 0.823. The lowest BCUT2D eigenvalue weighted by Gasteiger charge is -2.26. The molecule has 0 aromatic heterocycles. The zero-order valence-electron chi connectivity index (χ0n) is 29.7. The fourth-order valence-corrected chi connectivity index (χ4v) is 8.20. The fourth-order valence-electron chi connectivity index (χ4n) is 8.20. The first-order valence-electron chi connectivity index (χ1n) is 18.6. The van der Waals surface area contributed by atoms with Crippen molar-refractivity contribution in [2.45, 2.75) is 6.17 Å². The number of nitrogens with zero attached hydrogens (tertiary/aromatic N) is 1. The highest BCUT2D eigenvalue weighted by Crippen LogP contribution is 2.44. The predicted octanol–water partition coefficient (Wildman–Crippen LogP) is 12.1. The van der Waals surface area contributed by atoms with Crippen LogP contribution in [0.25, 0.3) is 65.8 Å². The molecule has 10 rings (SSSR count). The second-order valence-electron chi connectivity index (χ2n) is 14.0. The Morgan fingerprint density at radius 1 is 0.500 bits per heavy atom. The van der Waals surface area contributed by atoms with Gasteiger partial charge in [-0.25, -0.2) is 0 Å². The minimum Gasteiger partial charge on any atom is -0.387 e. The van der Waals surface area contributed by atoms with Crippen molar-refractivity contribution >= 4 is 49.3 Å². The summed E-state index contributed by atoms with van der Waals surface area (Å²) in [6.07, 6.45) is 8.14. The van der Waals surface area contributed by atoms with Crippen LogP contribution in [0.5, 0.6) is 0 Å². The molecule has 1 unspecified atom stereocenters. The molecule has 0 aliphatic carbocycles. The number of hydrogen-bond donors (Lipinski definition) is 2. The van der Waals surface area contributed by atoms with E-state index in [1.54, 1.807) is 0 Å². The zero-order chi connectivity index (χ0) is 35.8. The van der Waals surface area contributed by atoms with E-state index in [1.165, 1.54) is 65.7 Å². The predicted molar refractivity (Wildman–Crippen MR) is 228 cm³/mol. The Labute approximate surface area is 315 Å². The monoisotopic (exact) mass is 691 g/mol. The van der Waals surface area contributed by atoms with Crippen LogP contribution in [0.1, 0.15) is 28.4 Å². The largest absolute Gasteiger partial charge is 0.387 e. The van der Waals surface area contributed by atoms with Gasteiger partial charge in [-0.2, -0.15) is 0 Å². The van der Waals surface area contributed by atoms with Gasteiger partial charge < -0.3 is 10.6 Å². The van der Waals surface area contributed by atoms with Crippen LogP contribution in [0.4, 0.5) is 0 Å². The molecule has 3 heteroatoms. The van der Waals surface area contributed by atoms with E-state index in [0.29, 0.717) is 0 Å². The van der Waals surface area contributed by atoms with Crippen molar-refractivity contribution < 1.29 is 0 Å². The highest BCUT2D eigenvalue weighted by Gasteiger charge is 2.23. The molecular formula is C51H37N3. The van der Waals surface area contributed by atoms with E-state index in [9.17, 15) is 0 Å². The average Bonchev–Trinajstić information content (AvgIpc) is 3.26. The third kappa shape index (κ3) is 5.67. The molecule has 8 aromatic carbocycles. The van der Waals surface area contributed by atoms with Gasteiger partial charge in [-0.05, 0) is 101 Å². The van der Waals surface area contributed by atoms with Crippen LogP contribution in [0.2, 0.25) is 0 Å². The highest BCUT2D eigenvalue weighted by atomic mass is 15.1. The molecule has 54 heavy (non-hydrogen) atoms. The summed E-state index contributed by atoms with van der Waals surface area (Å²) in [4.78, 5) is 5.42. The van der Waals surface area contributed by atoms with Gasteiger partial charge >= 0.3 is 0 Å². The van der Waals surface area contributed by atoms with Crippen molar-refractivity contribution in [3.63, 3.8) is 0 Å². The van der Waals surface area contributed by atoms with Crippen molar-refractivity contribution in [1.82, 2.24) is 10.6 Å². The molecule has 0 bridgehead atoms. The summed E-state index contributed by atoms with van der Waals surface area (Å²) in [5.74, 6) is 0. The number of allylic oxidation sites excluding steroid dienone is 3. The Hall–Kier alpha value is -6.97. The highest BCUT2D eigenvalue weighted by molar-refractivity contribution is 6.21. The minimum atomic E-state index is -0.296. The summed E-state index contributed by atoms with van der Waals surface area (Å²) < 4.78 is 0. The molecule has 0 saturated heterocycles. The molecule has 0 spiro atoms. The Morgan fingerprint density at radius 2 is 1.09 bits per heavy atom. The Bertz CT molecular complexity index is 2780. The first kappa shape index (κ1) is 31.7. The van der Waals surface area contributed by atoms with Crippen LogP contribution < -0.4 is 10.6 Å². The van der Waals surface area contributed by atoms with E-state index in [0.717, 1.165) is 34.6 Å². The smallest absolute Gasteiger partial charge is 0.145 e. The summed E-state index contributed by atoms with van der Waals surface area (Å²) in [5, 5.41) is 14.6. The number of fused-ring (bicyclic) bond motifs is 3. The minimum absolute atomic E-state index is 0.296. The van der Waals surface area contributed by atoms with Crippen LogP contribution in [0, 0.1) is 0 Å². The van der Waals surface area contributed by atoms with E-state index in [1.807, 2.05) is 6.20 Å². The van der Waals surface area contributed by atoms with Gasteiger partial charge in [-0.1, -0.05) is 170 Å². The second kappa shape index (κ2) is 13.5. The molecule has 256 valence electrons. The zero-order valence-corrected chi connectivity index (χ0v) is 29.7. The van der Waals surface area contributed by atoms with E-state index in [4.69, 9.17) is 4.99 Å². The van der Waals surface area contributed by atoms with Crippen LogP contribution in [0.15, 0.2) is 199 Å². The van der Waals surface area contributed by atoms with E-state index in [2.05, 4.69) is 199 Å². The van der Waals surface area contributed by atoms with Gasteiger partial charge in [0.15, 0.2) is 0 Å². The maximum atomic E-state index is 5.42. The summed E-state index contributed by atoms with van der Waals surface area (Å²) in [5.41, 5.74) is 12.8. The Morgan fingerprint density at radius 3 is 1.80 bits per heavy atom. The molecular weight excluding hydrogens is 655 g/mol. The van der Waals surface area contributed by atoms with Gasteiger partial charge in [-0.3, -0.25) is 4.99 Å². The molecule has 2 aliphatic heterocycles. The standard InChI is InChI=1S/C51H37N3/c1-2-14-37(15-3-1)49-43-21-6-8-23-45(43)50(46-24-9-7-22-44(46)49)38-17-10-18-39(31-38)51-53-47(36-28-26-34(27-29-36)40-19-12-30-52-33-40)32-48(54-51)42-25-11-16-35-13-4-5-20-41(35)42/h1-32,51-52,54H,33H2. The van der Waals surface area contributed by atoms with E-state index >= 15 is 0 Å². The number of dihydropyridines is 1. The summed E-state index contributed by atoms with van der Waals surface area (Å²) in [7, 11) is 0. The van der Waals surface area contributed by atoms with E-state index in [-0.39, 0.29) is 6.17 Å². The van der Waals surface area contributed by atoms with Crippen molar-refractivity contribution in [3.05, 3.63) is 217 Å². The number of aliphatic imine (C=N–C) groups is 1. The quantitative estimate of drug-likeness (QED) is 0.170. The van der Waals surface area contributed by atoms with Gasteiger partial charge in [0.05, 0.1) is 5.71 Å². The number of rotatable bonds is 6. The van der Waals surface area contributed by atoms with Crippen LogP contribution in [-0.2, 0) is 0 Å². The van der Waals surface area contributed by atoms with Crippen molar-refractivity contribution in [2.75, 3.05) is 6.54 Å². The number of hydrogen-bond acceptors (Lipinski definition) is 3. The third-order valence-corrected chi connectivity index (χ3v) is 10.8. The molecule has 0 fully saturated rings. The average molecular weight is 692 g/mol. The Kier molecular flexibility index (Phi) is 7.96. The molecule has 3 nitrogen and oxygen atoms in total. The molecule has 8 aromatic rings.